The van der Waals surface area contributed by atoms with E-state index in [1.165, 1.54) is 12.7 Å². The third kappa shape index (κ3) is 10.6. The highest BCUT2D eigenvalue weighted by Crippen LogP contribution is 2.32. The maximum Gasteiger partial charge on any atom is 0.335 e. The van der Waals surface area contributed by atoms with Crippen LogP contribution in [0, 0.1) is 0 Å². The first kappa shape index (κ1) is 38.9. The van der Waals surface area contributed by atoms with Crippen molar-refractivity contribution >= 4 is 58.0 Å². The van der Waals surface area contributed by atoms with E-state index < -0.39 is 48.3 Å². The first-order chi connectivity index (χ1) is 22.0. The monoisotopic (exact) mass is 703 g/mol. The molecular weight excluding hydrogens is 673 g/mol. The van der Waals surface area contributed by atoms with E-state index in [4.69, 9.17) is 68.5 Å². The number of nitrogens with zero attached hydrogens (tertiary/aromatic N) is 1. The molecule has 0 amide bonds. The zero-order valence-corrected chi connectivity index (χ0v) is 25.7. The molecule has 0 radical (unpaired) electrons. The van der Waals surface area contributed by atoms with Crippen molar-refractivity contribution in [3.05, 3.63) is 62.4 Å². The van der Waals surface area contributed by atoms with Crippen molar-refractivity contribution in [1.82, 2.24) is 4.90 Å². The molecule has 4 atom stereocenters. The van der Waals surface area contributed by atoms with Crippen molar-refractivity contribution in [3.63, 3.8) is 0 Å². The van der Waals surface area contributed by atoms with Crippen LogP contribution in [-0.4, -0.2) is 112 Å². The second-order valence-corrected chi connectivity index (χ2v) is 10.9. The smallest absolute Gasteiger partial charge is 0.335 e. The largest absolute Gasteiger partial charge is 0.507 e. The number of halogens is 2. The van der Waals surface area contributed by atoms with Crippen LogP contribution in [0.5, 0.6) is 5.75 Å². The Morgan fingerprint density at radius 2 is 1.23 bits per heavy atom. The van der Waals surface area contributed by atoms with E-state index >= 15 is 0 Å². The number of aliphatic carboxylic acids is 4. The second kappa shape index (κ2) is 17.6. The molecule has 2 heterocycles. The van der Waals surface area contributed by atoms with Gasteiger partial charge in [-0.25, -0.2) is 19.2 Å². The van der Waals surface area contributed by atoms with Crippen molar-refractivity contribution in [2.45, 2.75) is 50.2 Å². The molecule has 4 unspecified atom stereocenters. The molecule has 4 rings (SSSR count). The number of hydrogen-bond donors (Lipinski definition) is 9. The number of benzene rings is 2. The van der Waals surface area contributed by atoms with Crippen LogP contribution in [0.1, 0.15) is 24.8 Å². The molecule has 1 aliphatic heterocycles. The first-order valence-electron chi connectivity index (χ1n) is 13.6. The van der Waals surface area contributed by atoms with E-state index in [0.717, 1.165) is 25.9 Å². The molecule has 0 bridgehead atoms. The van der Waals surface area contributed by atoms with Gasteiger partial charge in [0.25, 0.3) is 0 Å². The van der Waals surface area contributed by atoms with E-state index in [1.807, 2.05) is 0 Å². The van der Waals surface area contributed by atoms with Crippen molar-refractivity contribution in [2.24, 2.45) is 0 Å². The van der Waals surface area contributed by atoms with Gasteiger partial charge in [-0.05, 0) is 50.2 Å². The van der Waals surface area contributed by atoms with Gasteiger partial charge in [-0.15, -0.1) is 0 Å². The third-order valence-electron chi connectivity index (χ3n) is 6.68. The predicted octanol–water partition coefficient (Wildman–Crippen LogP) is 1.21. The van der Waals surface area contributed by atoms with E-state index in [1.54, 1.807) is 30.3 Å². The van der Waals surface area contributed by atoms with Gasteiger partial charge in [-0.2, -0.15) is 0 Å². The highest BCUT2D eigenvalue weighted by atomic mass is 35.5. The quantitative estimate of drug-likeness (QED) is 0.151. The fourth-order valence-electron chi connectivity index (χ4n) is 4.18. The van der Waals surface area contributed by atoms with Crippen molar-refractivity contribution < 1.29 is 69.6 Å². The molecule has 0 spiro atoms. The van der Waals surface area contributed by atoms with Crippen LogP contribution >= 0.6 is 23.2 Å². The average Bonchev–Trinajstić information content (AvgIpc) is 3.02. The molecule has 18 heteroatoms. The number of aliphatic hydroxyl groups is 4. The normalized spacial score (nSPS) is 15.5. The minimum Gasteiger partial charge on any atom is -0.507 e. The zero-order valence-electron chi connectivity index (χ0n) is 24.2. The molecule has 1 aliphatic rings. The van der Waals surface area contributed by atoms with Crippen LogP contribution in [0.2, 0.25) is 10.0 Å². The van der Waals surface area contributed by atoms with Crippen LogP contribution < -0.4 is 5.43 Å². The van der Waals surface area contributed by atoms with Gasteiger partial charge in [0, 0.05) is 17.1 Å². The fourth-order valence-corrected chi connectivity index (χ4v) is 4.69. The number of rotatable bonds is 9. The summed E-state index contributed by atoms with van der Waals surface area (Å²) in [6.45, 7) is 2.53. The summed E-state index contributed by atoms with van der Waals surface area (Å²) in [6, 6.07) is 8.15. The number of fused-ring (bicyclic) bond motifs is 1. The highest BCUT2D eigenvalue weighted by Gasteiger charge is 2.30. The Balaban J connectivity index is 0.000000318. The lowest BCUT2D eigenvalue weighted by atomic mass is 10.0. The van der Waals surface area contributed by atoms with Gasteiger partial charge in [0.1, 0.15) is 17.6 Å². The summed E-state index contributed by atoms with van der Waals surface area (Å²) in [6.07, 6.45) is -4.12. The molecule has 1 aromatic heterocycles. The number of phenols is 1. The van der Waals surface area contributed by atoms with Gasteiger partial charge in [-0.1, -0.05) is 35.7 Å². The van der Waals surface area contributed by atoms with Gasteiger partial charge in [-0.3, -0.25) is 9.69 Å². The summed E-state index contributed by atoms with van der Waals surface area (Å²) < 4.78 is 5.84. The minimum atomic E-state index is -2.27. The Morgan fingerprint density at radius 3 is 1.68 bits per heavy atom. The van der Waals surface area contributed by atoms with Crippen molar-refractivity contribution in [1.29, 1.82) is 0 Å². The topological polar surface area (TPSA) is 284 Å². The van der Waals surface area contributed by atoms with Gasteiger partial charge >= 0.3 is 23.9 Å². The number of carbonyl (C=O) groups is 4. The molecule has 0 aliphatic carbocycles. The molecular formula is C29H31Cl2NO15. The number of hydrogen-bond acceptors (Lipinski definition) is 12. The summed E-state index contributed by atoms with van der Waals surface area (Å²) in [7, 11) is 0. The minimum absolute atomic E-state index is 0.147. The molecule has 1 fully saturated rings. The van der Waals surface area contributed by atoms with Crippen LogP contribution in [0.4, 0.5) is 0 Å². The Hall–Kier alpha value is -4.29. The Labute approximate surface area is 274 Å². The second-order valence-electron chi connectivity index (χ2n) is 10.0. The van der Waals surface area contributed by atoms with Crippen LogP contribution in [-0.2, 0) is 25.7 Å². The zero-order chi connectivity index (χ0) is 35.6. The number of piperidine rings is 1. The Kier molecular flexibility index (Phi) is 14.5. The molecule has 47 heavy (non-hydrogen) atoms. The molecule has 9 N–H and O–H groups in total. The van der Waals surface area contributed by atoms with Gasteiger partial charge in [0.05, 0.1) is 21.5 Å². The van der Waals surface area contributed by atoms with Crippen molar-refractivity contribution in [2.75, 3.05) is 13.1 Å². The van der Waals surface area contributed by atoms with E-state index in [-0.39, 0.29) is 11.2 Å². The van der Waals surface area contributed by atoms with Crippen LogP contribution in [0.25, 0.3) is 22.1 Å². The molecule has 3 aromatic rings. The standard InChI is InChI=1S/C21H19Cl2NO3.2C4H6O6/c22-13-4-5-14(18(23)10-13)17-12-27-21-15(20(17)26)6-7-19(25)16(21)11-24-8-2-1-3-9-24;2*5-1(3(7)8)2(6)4(9)10/h4-7,10,12,25H,1-3,8-9,11H2;2*1-2,5-6H,(H,7,8)(H,9,10). The lowest BCUT2D eigenvalue weighted by Crippen LogP contribution is -2.39. The summed E-state index contributed by atoms with van der Waals surface area (Å²) >= 11 is 12.2. The molecule has 2 aromatic carbocycles. The van der Waals surface area contributed by atoms with Crippen molar-refractivity contribution in [3.8, 4) is 16.9 Å². The van der Waals surface area contributed by atoms with Crippen LogP contribution in [0.3, 0.4) is 0 Å². The summed E-state index contributed by atoms with van der Waals surface area (Å²) in [4.78, 5) is 54.4. The van der Waals surface area contributed by atoms with E-state index in [9.17, 15) is 29.1 Å². The van der Waals surface area contributed by atoms with E-state index in [0.29, 0.717) is 44.2 Å². The third-order valence-corrected chi connectivity index (χ3v) is 7.23. The summed E-state index contributed by atoms with van der Waals surface area (Å²) in [5, 5.41) is 76.7. The van der Waals surface area contributed by atoms with Crippen LogP contribution in [0.15, 0.2) is 45.8 Å². The van der Waals surface area contributed by atoms with E-state index in [2.05, 4.69) is 4.90 Å². The molecule has 1 saturated heterocycles. The Morgan fingerprint density at radius 1 is 0.745 bits per heavy atom. The maximum absolute atomic E-state index is 13.1. The molecule has 16 nitrogen and oxygen atoms in total. The lowest BCUT2D eigenvalue weighted by molar-refractivity contribution is -0.165. The number of carboxylic acids is 4. The maximum atomic E-state index is 13.1. The number of carboxylic acid groups (broad SMARTS) is 4. The number of aliphatic hydroxyl groups excluding tert-OH is 4. The lowest BCUT2D eigenvalue weighted by Gasteiger charge is -2.26. The predicted molar refractivity (Wildman–Crippen MR) is 163 cm³/mol. The van der Waals surface area contributed by atoms with Gasteiger partial charge in [0.2, 0.25) is 5.43 Å². The SMILES string of the molecule is O=C(O)C(O)C(O)C(=O)O.O=C(O)C(O)C(O)C(=O)O.O=c1c(-c2ccc(Cl)cc2Cl)coc2c(CN3CCCCC3)c(O)ccc12. The van der Waals surface area contributed by atoms with Gasteiger partial charge in [0.15, 0.2) is 24.4 Å². The average molecular weight is 704 g/mol. The highest BCUT2D eigenvalue weighted by molar-refractivity contribution is 6.36. The fraction of sp³-hybridized carbons (Fsp3) is 0.345. The number of likely N-dealkylation sites (tertiary alicyclic amines) is 1. The molecule has 256 valence electrons. The first-order valence-corrected chi connectivity index (χ1v) is 14.3. The number of phenolic OH excluding ortho intramolecular Hbond substituents is 1. The summed E-state index contributed by atoms with van der Waals surface area (Å²) in [5.41, 5.74) is 1.85. The Bertz CT molecular complexity index is 1580. The summed E-state index contributed by atoms with van der Waals surface area (Å²) in [5.74, 6) is -6.93. The molecule has 0 saturated carbocycles. The van der Waals surface area contributed by atoms with Gasteiger partial charge < -0.3 is 50.4 Å². The number of aromatic hydroxyl groups is 1.